The zero-order valence-electron chi connectivity index (χ0n) is 10.2. The maximum absolute atomic E-state index is 13.1. The molecule has 96 valence electrons. The number of pyridine rings is 2. The predicted octanol–water partition coefficient (Wildman–Crippen LogP) is 2.56. The lowest BCUT2D eigenvalue weighted by Gasteiger charge is -1.99. The van der Waals surface area contributed by atoms with Crippen molar-refractivity contribution in [2.45, 2.75) is 6.92 Å². The molecule has 0 radical (unpaired) electrons. The SMILES string of the molecule is CCOc1ccc2[nH]c(-c3cncc(F)c3)nc2n1. The summed E-state index contributed by atoms with van der Waals surface area (Å²) in [5.41, 5.74) is 1.88. The van der Waals surface area contributed by atoms with Crippen LogP contribution in [0.3, 0.4) is 0 Å². The van der Waals surface area contributed by atoms with Crippen molar-refractivity contribution < 1.29 is 9.13 Å². The molecule has 0 unspecified atom stereocenters. The number of hydrogen-bond donors (Lipinski definition) is 1. The Morgan fingerprint density at radius 1 is 1.26 bits per heavy atom. The number of aromatic nitrogens is 4. The summed E-state index contributed by atoms with van der Waals surface area (Å²) >= 11 is 0. The first-order valence-corrected chi connectivity index (χ1v) is 5.87. The third-order valence-electron chi connectivity index (χ3n) is 2.59. The van der Waals surface area contributed by atoms with E-state index in [2.05, 4.69) is 19.9 Å². The smallest absolute Gasteiger partial charge is 0.215 e. The van der Waals surface area contributed by atoms with E-state index in [9.17, 15) is 4.39 Å². The first kappa shape index (κ1) is 11.6. The molecule has 6 heteroatoms. The van der Waals surface area contributed by atoms with Crippen molar-refractivity contribution in [2.24, 2.45) is 0 Å². The molecule has 0 spiro atoms. The number of imidazole rings is 1. The van der Waals surface area contributed by atoms with E-state index in [0.717, 1.165) is 11.7 Å². The van der Waals surface area contributed by atoms with E-state index in [1.807, 2.05) is 13.0 Å². The van der Waals surface area contributed by atoms with E-state index >= 15 is 0 Å². The third kappa shape index (κ3) is 2.24. The molecule has 19 heavy (non-hydrogen) atoms. The predicted molar refractivity (Wildman–Crippen MR) is 68.2 cm³/mol. The monoisotopic (exact) mass is 258 g/mol. The van der Waals surface area contributed by atoms with E-state index in [0.29, 0.717) is 29.5 Å². The molecule has 0 fully saturated rings. The number of aromatic amines is 1. The second kappa shape index (κ2) is 4.64. The number of rotatable bonds is 3. The molecule has 0 aliphatic carbocycles. The van der Waals surface area contributed by atoms with Crippen LogP contribution in [0.1, 0.15) is 6.92 Å². The molecule has 3 aromatic rings. The molecule has 3 rings (SSSR count). The lowest BCUT2D eigenvalue weighted by Crippen LogP contribution is -1.93. The van der Waals surface area contributed by atoms with Crippen LogP contribution >= 0.6 is 0 Å². The van der Waals surface area contributed by atoms with Gasteiger partial charge in [0.1, 0.15) is 11.6 Å². The molecule has 0 amide bonds. The lowest BCUT2D eigenvalue weighted by atomic mass is 10.3. The summed E-state index contributed by atoms with van der Waals surface area (Å²) in [5.74, 6) is 0.648. The number of fused-ring (bicyclic) bond motifs is 1. The van der Waals surface area contributed by atoms with Crippen LogP contribution in [-0.4, -0.2) is 26.5 Å². The summed E-state index contributed by atoms with van der Waals surface area (Å²) in [4.78, 5) is 15.4. The summed E-state index contributed by atoms with van der Waals surface area (Å²) in [6, 6.07) is 4.96. The Morgan fingerprint density at radius 3 is 2.95 bits per heavy atom. The second-order valence-corrected chi connectivity index (χ2v) is 3.93. The van der Waals surface area contributed by atoms with Gasteiger partial charge in [0.2, 0.25) is 5.88 Å². The molecular weight excluding hydrogens is 247 g/mol. The zero-order valence-corrected chi connectivity index (χ0v) is 10.2. The fraction of sp³-hybridized carbons (Fsp3) is 0.154. The number of nitrogens with zero attached hydrogens (tertiary/aromatic N) is 3. The summed E-state index contributed by atoms with van der Waals surface area (Å²) in [7, 11) is 0. The highest BCUT2D eigenvalue weighted by Crippen LogP contribution is 2.21. The van der Waals surface area contributed by atoms with Gasteiger partial charge in [-0.25, -0.2) is 9.37 Å². The Hall–Kier alpha value is -2.50. The maximum Gasteiger partial charge on any atom is 0.215 e. The van der Waals surface area contributed by atoms with Crippen LogP contribution < -0.4 is 4.74 Å². The van der Waals surface area contributed by atoms with Crippen LogP contribution in [0.15, 0.2) is 30.6 Å². The van der Waals surface area contributed by atoms with Crippen molar-refractivity contribution in [2.75, 3.05) is 6.61 Å². The van der Waals surface area contributed by atoms with Gasteiger partial charge in [-0.05, 0) is 19.1 Å². The first-order chi connectivity index (χ1) is 9.26. The number of ether oxygens (including phenoxy) is 1. The maximum atomic E-state index is 13.1. The van der Waals surface area contributed by atoms with E-state index in [4.69, 9.17) is 4.74 Å². The van der Waals surface area contributed by atoms with Gasteiger partial charge >= 0.3 is 0 Å². The van der Waals surface area contributed by atoms with Crippen molar-refractivity contribution >= 4 is 11.2 Å². The summed E-state index contributed by atoms with van der Waals surface area (Å²) in [6.07, 6.45) is 2.70. The van der Waals surface area contributed by atoms with Crippen molar-refractivity contribution in [3.8, 4) is 17.3 Å². The Morgan fingerprint density at radius 2 is 2.16 bits per heavy atom. The molecule has 3 aromatic heterocycles. The van der Waals surface area contributed by atoms with Crippen LogP contribution in [-0.2, 0) is 0 Å². The standard InChI is InChI=1S/C13H11FN4O/c1-2-19-11-4-3-10-13(17-11)18-12(16-10)8-5-9(14)7-15-6-8/h3-7H,2H2,1H3,(H,16,17,18). The Bertz CT molecular complexity index is 725. The van der Waals surface area contributed by atoms with E-state index in [-0.39, 0.29) is 0 Å². The lowest BCUT2D eigenvalue weighted by molar-refractivity contribution is 0.328. The molecular formula is C13H11FN4O. The van der Waals surface area contributed by atoms with Crippen molar-refractivity contribution in [3.05, 3.63) is 36.4 Å². The number of nitrogens with one attached hydrogen (secondary N) is 1. The van der Waals surface area contributed by atoms with E-state index < -0.39 is 5.82 Å². The Kier molecular flexibility index (Phi) is 2.83. The quantitative estimate of drug-likeness (QED) is 0.784. The van der Waals surface area contributed by atoms with Crippen LogP contribution in [0.2, 0.25) is 0 Å². The minimum absolute atomic E-state index is 0.402. The minimum Gasteiger partial charge on any atom is -0.478 e. The number of hydrogen-bond acceptors (Lipinski definition) is 4. The average molecular weight is 258 g/mol. The van der Waals surface area contributed by atoms with Crippen LogP contribution in [0, 0.1) is 5.82 Å². The Labute approximate surface area is 108 Å². The topological polar surface area (TPSA) is 63.7 Å². The summed E-state index contributed by atoms with van der Waals surface area (Å²) in [6.45, 7) is 2.43. The van der Waals surface area contributed by atoms with Gasteiger partial charge in [-0.15, -0.1) is 0 Å². The van der Waals surface area contributed by atoms with Gasteiger partial charge < -0.3 is 9.72 Å². The molecule has 5 nitrogen and oxygen atoms in total. The van der Waals surface area contributed by atoms with Gasteiger partial charge in [0.15, 0.2) is 5.65 Å². The minimum atomic E-state index is -0.402. The van der Waals surface area contributed by atoms with Gasteiger partial charge in [0.25, 0.3) is 0 Å². The van der Waals surface area contributed by atoms with Gasteiger partial charge in [0, 0.05) is 17.8 Å². The summed E-state index contributed by atoms with van der Waals surface area (Å²) in [5, 5.41) is 0. The molecule has 0 aliphatic rings. The van der Waals surface area contributed by atoms with Gasteiger partial charge in [-0.2, -0.15) is 4.98 Å². The second-order valence-electron chi connectivity index (χ2n) is 3.93. The summed E-state index contributed by atoms with van der Waals surface area (Å²) < 4.78 is 18.4. The largest absolute Gasteiger partial charge is 0.478 e. The fourth-order valence-corrected chi connectivity index (χ4v) is 1.78. The van der Waals surface area contributed by atoms with Crippen LogP contribution in [0.5, 0.6) is 5.88 Å². The van der Waals surface area contributed by atoms with Gasteiger partial charge in [-0.1, -0.05) is 0 Å². The average Bonchev–Trinajstić information content (AvgIpc) is 2.82. The van der Waals surface area contributed by atoms with Crippen molar-refractivity contribution in [3.63, 3.8) is 0 Å². The Balaban J connectivity index is 2.06. The fourth-order valence-electron chi connectivity index (χ4n) is 1.78. The highest BCUT2D eigenvalue weighted by Gasteiger charge is 2.08. The molecule has 0 aromatic carbocycles. The van der Waals surface area contributed by atoms with Crippen molar-refractivity contribution in [1.29, 1.82) is 0 Å². The van der Waals surface area contributed by atoms with Crippen LogP contribution in [0.25, 0.3) is 22.6 Å². The van der Waals surface area contributed by atoms with E-state index in [1.54, 1.807) is 12.3 Å². The van der Waals surface area contributed by atoms with Gasteiger partial charge in [0.05, 0.1) is 18.3 Å². The molecule has 0 aliphatic heterocycles. The molecule has 0 saturated heterocycles. The highest BCUT2D eigenvalue weighted by molar-refractivity contribution is 5.76. The van der Waals surface area contributed by atoms with Gasteiger partial charge in [-0.3, -0.25) is 4.98 Å². The highest BCUT2D eigenvalue weighted by atomic mass is 19.1. The normalized spacial score (nSPS) is 10.8. The third-order valence-corrected chi connectivity index (χ3v) is 2.59. The first-order valence-electron chi connectivity index (χ1n) is 5.87. The molecule has 0 bridgehead atoms. The number of halogens is 1. The van der Waals surface area contributed by atoms with E-state index in [1.165, 1.54) is 6.07 Å². The van der Waals surface area contributed by atoms with Crippen LogP contribution in [0.4, 0.5) is 4.39 Å². The molecule has 0 atom stereocenters. The number of H-pyrrole nitrogens is 1. The molecule has 1 N–H and O–H groups in total. The molecule has 0 saturated carbocycles. The zero-order chi connectivity index (χ0) is 13.2. The molecule has 3 heterocycles. The van der Waals surface area contributed by atoms with Crippen molar-refractivity contribution in [1.82, 2.24) is 19.9 Å².